The second-order valence-corrected chi connectivity index (χ2v) is 4.56. The van der Waals surface area contributed by atoms with Gasteiger partial charge < -0.3 is 9.72 Å². The summed E-state index contributed by atoms with van der Waals surface area (Å²) >= 11 is 0. The minimum atomic E-state index is -0.685. The first kappa shape index (κ1) is 12.3. The number of carbonyl (C=O) groups is 3. The summed E-state index contributed by atoms with van der Waals surface area (Å²) in [4.78, 5) is 39.0. The molecule has 1 atom stereocenters. The van der Waals surface area contributed by atoms with E-state index >= 15 is 0 Å². The SMILES string of the molecule is O=C1CCC(NC(=O)c2cccn3ccnc23)C(=O)N1. The molecule has 7 nitrogen and oxygen atoms in total. The van der Waals surface area contributed by atoms with E-state index in [1.165, 1.54) is 0 Å². The van der Waals surface area contributed by atoms with Gasteiger partial charge in [0.1, 0.15) is 11.7 Å². The van der Waals surface area contributed by atoms with Crippen LogP contribution in [0.1, 0.15) is 23.2 Å². The van der Waals surface area contributed by atoms with Crippen LogP contribution in [0.3, 0.4) is 0 Å². The predicted molar refractivity (Wildman–Crippen MR) is 68.8 cm³/mol. The fourth-order valence-corrected chi connectivity index (χ4v) is 2.19. The molecular formula is C13H12N4O3. The van der Waals surface area contributed by atoms with Crippen molar-refractivity contribution in [3.05, 3.63) is 36.3 Å². The Morgan fingerprint density at radius 3 is 3.05 bits per heavy atom. The summed E-state index contributed by atoms with van der Waals surface area (Å²) in [5.41, 5.74) is 0.916. The third-order valence-corrected chi connectivity index (χ3v) is 3.21. The highest BCUT2D eigenvalue weighted by Crippen LogP contribution is 2.10. The monoisotopic (exact) mass is 272 g/mol. The van der Waals surface area contributed by atoms with E-state index in [0.29, 0.717) is 17.6 Å². The Balaban J connectivity index is 1.81. The molecule has 0 aromatic carbocycles. The van der Waals surface area contributed by atoms with Crippen LogP contribution in [0.5, 0.6) is 0 Å². The molecule has 1 saturated heterocycles. The van der Waals surface area contributed by atoms with E-state index < -0.39 is 11.9 Å². The summed E-state index contributed by atoms with van der Waals surface area (Å²) in [5, 5.41) is 4.84. The lowest BCUT2D eigenvalue weighted by Crippen LogP contribution is -2.52. The first-order valence-corrected chi connectivity index (χ1v) is 6.21. The zero-order valence-electron chi connectivity index (χ0n) is 10.5. The Morgan fingerprint density at radius 1 is 1.40 bits per heavy atom. The molecule has 0 aliphatic carbocycles. The van der Waals surface area contributed by atoms with Crippen molar-refractivity contribution < 1.29 is 14.4 Å². The Labute approximate surface area is 114 Å². The number of rotatable bonds is 2. The molecule has 3 rings (SSSR count). The molecule has 1 aliphatic heterocycles. The van der Waals surface area contributed by atoms with Gasteiger partial charge in [-0.1, -0.05) is 0 Å². The van der Waals surface area contributed by atoms with Crippen LogP contribution in [-0.4, -0.2) is 33.1 Å². The lowest BCUT2D eigenvalue weighted by atomic mass is 10.1. The Bertz CT molecular complexity index is 706. The molecular weight excluding hydrogens is 260 g/mol. The molecule has 7 heteroatoms. The summed E-state index contributed by atoms with van der Waals surface area (Å²) in [5.74, 6) is -1.16. The van der Waals surface area contributed by atoms with Gasteiger partial charge in [0.05, 0.1) is 5.56 Å². The topological polar surface area (TPSA) is 92.6 Å². The molecule has 1 unspecified atom stereocenters. The van der Waals surface area contributed by atoms with Crippen molar-refractivity contribution in [2.45, 2.75) is 18.9 Å². The maximum absolute atomic E-state index is 12.2. The number of hydrogen-bond acceptors (Lipinski definition) is 4. The molecule has 20 heavy (non-hydrogen) atoms. The standard InChI is InChI=1S/C13H12N4O3/c18-10-4-3-9(13(20)16-10)15-12(19)8-2-1-6-17-7-5-14-11(8)17/h1-2,5-7,9H,3-4H2,(H,15,19)(H,16,18,20). The van der Waals surface area contributed by atoms with Gasteiger partial charge in [-0.3, -0.25) is 19.7 Å². The summed E-state index contributed by atoms with van der Waals surface area (Å²) in [7, 11) is 0. The van der Waals surface area contributed by atoms with Crippen molar-refractivity contribution in [3.63, 3.8) is 0 Å². The number of amides is 3. The molecule has 2 N–H and O–H groups in total. The number of aromatic nitrogens is 2. The summed E-state index contributed by atoms with van der Waals surface area (Å²) in [6.45, 7) is 0. The van der Waals surface area contributed by atoms with E-state index in [0.717, 1.165) is 0 Å². The number of carbonyl (C=O) groups excluding carboxylic acids is 3. The molecule has 1 fully saturated rings. The minimum absolute atomic E-state index is 0.226. The molecule has 2 aromatic rings. The normalized spacial score (nSPS) is 18.9. The van der Waals surface area contributed by atoms with Gasteiger partial charge in [-0.05, 0) is 18.6 Å². The molecule has 0 saturated carbocycles. The number of imidazole rings is 1. The Hall–Kier alpha value is -2.70. The van der Waals surface area contributed by atoms with Gasteiger partial charge in [0.15, 0.2) is 0 Å². The van der Waals surface area contributed by atoms with Crippen LogP contribution in [-0.2, 0) is 9.59 Å². The summed E-state index contributed by atoms with van der Waals surface area (Å²) in [6, 6.07) is 2.69. The van der Waals surface area contributed by atoms with Crippen LogP contribution < -0.4 is 10.6 Å². The number of imide groups is 1. The van der Waals surface area contributed by atoms with Crippen molar-refractivity contribution in [1.29, 1.82) is 0 Å². The fourth-order valence-electron chi connectivity index (χ4n) is 2.19. The second kappa shape index (κ2) is 4.76. The Kier molecular flexibility index (Phi) is 2.94. The molecule has 1 aliphatic rings. The largest absolute Gasteiger partial charge is 0.340 e. The van der Waals surface area contributed by atoms with Crippen molar-refractivity contribution in [2.24, 2.45) is 0 Å². The van der Waals surface area contributed by atoms with Crippen molar-refractivity contribution in [1.82, 2.24) is 20.0 Å². The average molecular weight is 272 g/mol. The fraction of sp³-hybridized carbons (Fsp3) is 0.231. The maximum atomic E-state index is 12.2. The first-order chi connectivity index (χ1) is 9.65. The number of nitrogens with zero attached hydrogens (tertiary/aromatic N) is 2. The zero-order valence-corrected chi connectivity index (χ0v) is 10.5. The van der Waals surface area contributed by atoms with Gasteiger partial charge in [0.25, 0.3) is 5.91 Å². The van der Waals surface area contributed by atoms with Crippen molar-refractivity contribution in [3.8, 4) is 0 Å². The molecule has 2 aromatic heterocycles. The third kappa shape index (κ3) is 2.13. The Morgan fingerprint density at radius 2 is 2.25 bits per heavy atom. The highest BCUT2D eigenvalue weighted by atomic mass is 16.2. The lowest BCUT2D eigenvalue weighted by molar-refractivity contribution is -0.134. The quantitative estimate of drug-likeness (QED) is 0.745. The van der Waals surface area contributed by atoms with Crippen LogP contribution in [0.2, 0.25) is 0 Å². The molecule has 3 amide bonds. The van der Waals surface area contributed by atoms with E-state index in [-0.39, 0.29) is 18.2 Å². The summed E-state index contributed by atoms with van der Waals surface area (Å²) in [6.07, 6.45) is 5.65. The number of nitrogens with one attached hydrogen (secondary N) is 2. The number of piperidine rings is 1. The number of pyridine rings is 1. The van der Waals surface area contributed by atoms with Gasteiger partial charge in [-0.25, -0.2) is 4.98 Å². The van der Waals surface area contributed by atoms with Crippen molar-refractivity contribution >= 4 is 23.4 Å². The van der Waals surface area contributed by atoms with Gasteiger partial charge in [-0.2, -0.15) is 0 Å². The molecule has 3 heterocycles. The minimum Gasteiger partial charge on any atom is -0.340 e. The van der Waals surface area contributed by atoms with Crippen molar-refractivity contribution in [2.75, 3.05) is 0 Å². The van der Waals surface area contributed by atoms with E-state index in [9.17, 15) is 14.4 Å². The van der Waals surface area contributed by atoms with Crippen LogP contribution >= 0.6 is 0 Å². The molecule has 102 valence electrons. The summed E-state index contributed by atoms with van der Waals surface area (Å²) < 4.78 is 1.72. The maximum Gasteiger partial charge on any atom is 0.255 e. The van der Waals surface area contributed by atoms with Crippen LogP contribution in [0.25, 0.3) is 5.65 Å². The van der Waals surface area contributed by atoms with Gasteiger partial charge >= 0.3 is 0 Å². The molecule has 0 radical (unpaired) electrons. The highest BCUT2D eigenvalue weighted by molar-refractivity contribution is 6.05. The third-order valence-electron chi connectivity index (χ3n) is 3.21. The van der Waals surface area contributed by atoms with Crippen LogP contribution in [0.15, 0.2) is 30.7 Å². The van der Waals surface area contributed by atoms with Gasteiger partial charge in [0, 0.05) is 25.0 Å². The number of fused-ring (bicyclic) bond motifs is 1. The lowest BCUT2D eigenvalue weighted by Gasteiger charge is -2.21. The van der Waals surface area contributed by atoms with Gasteiger partial charge in [0.2, 0.25) is 11.8 Å². The zero-order chi connectivity index (χ0) is 14.1. The highest BCUT2D eigenvalue weighted by Gasteiger charge is 2.28. The first-order valence-electron chi connectivity index (χ1n) is 6.21. The molecule has 0 bridgehead atoms. The van der Waals surface area contributed by atoms with Crippen LogP contribution in [0.4, 0.5) is 0 Å². The van der Waals surface area contributed by atoms with Gasteiger partial charge in [-0.15, -0.1) is 0 Å². The van der Waals surface area contributed by atoms with E-state index in [4.69, 9.17) is 0 Å². The predicted octanol–water partition coefficient (Wildman–Crippen LogP) is -0.131. The number of hydrogen-bond donors (Lipinski definition) is 2. The van der Waals surface area contributed by atoms with Crippen LogP contribution in [0, 0.1) is 0 Å². The average Bonchev–Trinajstić information content (AvgIpc) is 2.90. The molecule has 0 spiro atoms. The van der Waals surface area contributed by atoms with E-state index in [1.54, 1.807) is 35.1 Å². The smallest absolute Gasteiger partial charge is 0.255 e. The second-order valence-electron chi connectivity index (χ2n) is 4.56. The van der Waals surface area contributed by atoms with E-state index in [1.807, 2.05) is 0 Å². The van der Waals surface area contributed by atoms with E-state index in [2.05, 4.69) is 15.6 Å².